The summed E-state index contributed by atoms with van der Waals surface area (Å²) in [5.74, 6) is -2.14. The number of carboxylic acids is 1. The fourth-order valence-electron chi connectivity index (χ4n) is 4.26. The summed E-state index contributed by atoms with van der Waals surface area (Å²) < 4.78 is 24.5. The first-order valence-corrected chi connectivity index (χ1v) is 12.3. The van der Waals surface area contributed by atoms with E-state index in [1.54, 1.807) is 13.0 Å². The van der Waals surface area contributed by atoms with Crippen LogP contribution in [0.3, 0.4) is 0 Å². The molecule has 29 heavy (non-hydrogen) atoms. The predicted octanol–water partition coefficient (Wildman–Crippen LogP) is -0.291. The first-order valence-electron chi connectivity index (χ1n) is 9.51. The summed E-state index contributed by atoms with van der Waals surface area (Å²) in [5, 5.41) is 23.1. The van der Waals surface area contributed by atoms with Crippen molar-refractivity contribution >= 4 is 33.7 Å². The minimum absolute atomic E-state index is 0.0470. The van der Waals surface area contributed by atoms with E-state index >= 15 is 0 Å². The van der Waals surface area contributed by atoms with Crippen molar-refractivity contribution in [1.29, 1.82) is 0 Å². The van der Waals surface area contributed by atoms with Crippen LogP contribution in [-0.2, 0) is 19.6 Å². The molecule has 3 rings (SSSR count). The Hall–Kier alpha value is -1.40. The first-order chi connectivity index (χ1) is 13.5. The summed E-state index contributed by atoms with van der Waals surface area (Å²) in [5.41, 5.74) is 0.0470. The summed E-state index contributed by atoms with van der Waals surface area (Å²) in [7, 11) is -3.22. The molecule has 6 unspecified atom stereocenters. The maximum Gasteiger partial charge on any atom is 0.353 e. The minimum atomic E-state index is -3.22. The van der Waals surface area contributed by atoms with Gasteiger partial charge in [0, 0.05) is 35.2 Å². The molecule has 3 heterocycles. The van der Waals surface area contributed by atoms with Gasteiger partial charge in [-0.15, -0.1) is 11.8 Å². The minimum Gasteiger partial charge on any atom is -0.477 e. The van der Waals surface area contributed by atoms with Crippen molar-refractivity contribution in [2.24, 2.45) is 11.8 Å². The van der Waals surface area contributed by atoms with Crippen LogP contribution in [0.1, 0.15) is 20.3 Å². The van der Waals surface area contributed by atoms with Crippen molar-refractivity contribution < 1.29 is 28.2 Å². The van der Waals surface area contributed by atoms with Crippen molar-refractivity contribution in [3.05, 3.63) is 22.8 Å². The molecule has 0 bridgehead atoms. The van der Waals surface area contributed by atoms with Crippen LogP contribution in [0.15, 0.2) is 22.8 Å². The number of aliphatic hydroxyl groups is 1. The van der Waals surface area contributed by atoms with E-state index < -0.39 is 28.0 Å². The van der Waals surface area contributed by atoms with Crippen LogP contribution >= 0.6 is 11.8 Å². The van der Waals surface area contributed by atoms with E-state index in [0.29, 0.717) is 11.4 Å². The Bertz CT molecular complexity index is 854. The lowest BCUT2D eigenvalue weighted by molar-refractivity contribution is -0.163. The molecular weight excluding hydrogens is 418 g/mol. The van der Waals surface area contributed by atoms with Gasteiger partial charge in [0.1, 0.15) is 5.70 Å². The predicted molar refractivity (Wildman–Crippen MR) is 109 cm³/mol. The molecule has 0 spiro atoms. The second kappa shape index (κ2) is 8.38. The molecule has 9 nitrogen and oxygen atoms in total. The number of carbonyl (C=O) groups is 2. The molecule has 0 aromatic rings. The topological polar surface area (TPSA) is 136 Å². The van der Waals surface area contributed by atoms with Crippen molar-refractivity contribution in [3.63, 3.8) is 0 Å². The highest BCUT2D eigenvalue weighted by molar-refractivity contribution is 8.03. The number of nitrogens with zero attached hydrogens (tertiary/aromatic N) is 1. The molecule has 3 aliphatic rings. The Morgan fingerprint density at radius 3 is 2.76 bits per heavy atom. The van der Waals surface area contributed by atoms with Gasteiger partial charge in [-0.2, -0.15) is 0 Å². The molecule has 2 fully saturated rings. The Balaban J connectivity index is 1.65. The second-order valence-corrected chi connectivity index (χ2v) is 11.0. The average Bonchev–Trinajstić information content (AvgIpc) is 3.13. The number of hydrogen-bond acceptors (Lipinski definition) is 7. The van der Waals surface area contributed by atoms with Crippen LogP contribution in [0.4, 0.5) is 0 Å². The third-order valence-electron chi connectivity index (χ3n) is 5.56. The van der Waals surface area contributed by atoms with E-state index in [0.717, 1.165) is 12.7 Å². The van der Waals surface area contributed by atoms with E-state index in [1.165, 1.54) is 16.7 Å². The lowest BCUT2D eigenvalue weighted by Gasteiger charge is -2.46. The number of β-lactam (4-membered cyclic amide) rings is 1. The summed E-state index contributed by atoms with van der Waals surface area (Å²) in [6.07, 6.45) is 4.72. The highest BCUT2D eigenvalue weighted by atomic mass is 32.2. The summed E-state index contributed by atoms with van der Waals surface area (Å²) in [6, 6.07) is -0.230. The molecule has 0 saturated carbocycles. The van der Waals surface area contributed by atoms with Crippen molar-refractivity contribution in [1.82, 2.24) is 14.9 Å². The molecule has 162 valence electrons. The maximum absolute atomic E-state index is 12.4. The van der Waals surface area contributed by atoms with Crippen LogP contribution in [0.5, 0.6) is 0 Å². The summed E-state index contributed by atoms with van der Waals surface area (Å²) in [4.78, 5) is 26.3. The summed E-state index contributed by atoms with van der Waals surface area (Å²) >= 11 is 1.49. The van der Waals surface area contributed by atoms with Gasteiger partial charge >= 0.3 is 5.97 Å². The van der Waals surface area contributed by atoms with Crippen molar-refractivity contribution in [2.75, 3.05) is 19.3 Å². The number of aliphatic hydroxyl groups excluding tert-OH is 1. The number of hydrogen-bond donors (Lipinski definition) is 4. The zero-order valence-corrected chi connectivity index (χ0v) is 18.2. The third kappa shape index (κ3) is 4.53. The molecule has 4 N–H and O–H groups in total. The highest BCUT2D eigenvalue weighted by Crippen LogP contribution is 2.51. The number of amides is 1. The maximum atomic E-state index is 12.4. The standard InChI is InChI=1S/C18H27N3O6S2/c1-9-14-13(10(2)22)17(23)21(14)15(18(24)25)16(9)28-12-7-11(19-8-12)5-4-6-20-29(3,26)27/h4-5,9-14,19-20,22H,6-8H2,1-3H3,(H,24,25). The average molecular weight is 446 g/mol. The SMILES string of the molecule is CC(O)C1C(=O)N2C(C(=O)O)=C(SC3CNC(C=CCNS(C)(=O)=O)C3)C(C)C12. The lowest BCUT2D eigenvalue weighted by Crippen LogP contribution is -2.63. The van der Waals surface area contributed by atoms with Crippen LogP contribution < -0.4 is 10.0 Å². The van der Waals surface area contributed by atoms with Crippen LogP contribution in [0.25, 0.3) is 0 Å². The third-order valence-corrected chi connectivity index (χ3v) is 7.76. The number of carboxylic acid groups (broad SMARTS) is 1. The van der Waals surface area contributed by atoms with Gasteiger partial charge in [-0.05, 0) is 13.3 Å². The number of fused-ring (bicyclic) bond motifs is 1. The summed E-state index contributed by atoms with van der Waals surface area (Å²) in [6.45, 7) is 4.38. The normalized spacial score (nSPS) is 33.3. The van der Waals surface area contributed by atoms with E-state index in [1.807, 2.05) is 13.0 Å². The van der Waals surface area contributed by atoms with Gasteiger partial charge < -0.3 is 20.4 Å². The Labute approximate surface area is 174 Å². The van der Waals surface area contributed by atoms with E-state index in [-0.39, 0.29) is 41.4 Å². The quantitative estimate of drug-likeness (QED) is 0.296. The lowest BCUT2D eigenvalue weighted by atomic mass is 9.79. The van der Waals surface area contributed by atoms with Gasteiger partial charge in [-0.3, -0.25) is 4.79 Å². The molecule has 0 radical (unpaired) electrons. The van der Waals surface area contributed by atoms with Gasteiger partial charge in [0.05, 0.1) is 24.3 Å². The van der Waals surface area contributed by atoms with Gasteiger partial charge in [0.25, 0.3) is 0 Å². The largest absolute Gasteiger partial charge is 0.477 e. The molecular formula is C18H27N3O6S2. The van der Waals surface area contributed by atoms with E-state index in [2.05, 4.69) is 10.0 Å². The fourth-order valence-corrected chi connectivity index (χ4v) is 6.15. The fraction of sp³-hybridized carbons (Fsp3) is 0.667. The van der Waals surface area contributed by atoms with Crippen molar-refractivity contribution in [3.8, 4) is 0 Å². The molecule has 0 aliphatic carbocycles. The molecule has 11 heteroatoms. The molecule has 0 aromatic heterocycles. The smallest absolute Gasteiger partial charge is 0.353 e. The number of thioether (sulfide) groups is 1. The van der Waals surface area contributed by atoms with Gasteiger partial charge in [-0.1, -0.05) is 19.1 Å². The zero-order valence-electron chi connectivity index (χ0n) is 16.5. The molecule has 6 atom stereocenters. The molecule has 0 aromatic carbocycles. The van der Waals surface area contributed by atoms with Gasteiger partial charge in [-0.25, -0.2) is 17.9 Å². The molecule has 2 saturated heterocycles. The second-order valence-electron chi connectivity index (χ2n) is 7.81. The molecule has 3 aliphatic heterocycles. The number of rotatable bonds is 8. The van der Waals surface area contributed by atoms with Crippen LogP contribution in [-0.4, -0.2) is 78.2 Å². The monoisotopic (exact) mass is 445 g/mol. The van der Waals surface area contributed by atoms with E-state index in [4.69, 9.17) is 0 Å². The first kappa shape index (κ1) is 22.3. The Kier molecular flexibility index (Phi) is 6.44. The zero-order chi connectivity index (χ0) is 21.5. The van der Waals surface area contributed by atoms with Gasteiger partial charge in [0.2, 0.25) is 15.9 Å². The van der Waals surface area contributed by atoms with Crippen LogP contribution in [0, 0.1) is 11.8 Å². The number of nitrogens with one attached hydrogen (secondary N) is 2. The van der Waals surface area contributed by atoms with Gasteiger partial charge in [0.15, 0.2) is 0 Å². The Morgan fingerprint density at radius 1 is 1.48 bits per heavy atom. The Morgan fingerprint density at radius 2 is 2.17 bits per heavy atom. The number of sulfonamides is 1. The van der Waals surface area contributed by atoms with Crippen molar-refractivity contribution in [2.45, 2.75) is 43.7 Å². The van der Waals surface area contributed by atoms with E-state index in [9.17, 15) is 28.2 Å². The molecule has 1 amide bonds. The van der Waals surface area contributed by atoms with Crippen LogP contribution in [0.2, 0.25) is 0 Å². The highest BCUT2D eigenvalue weighted by Gasteiger charge is 2.60. The number of aliphatic carboxylic acids is 1. The number of carbonyl (C=O) groups excluding carboxylic acids is 1.